The number of nitrogens with one attached hydrogen (secondary N) is 1. The molecule has 1 heterocycles. The Morgan fingerprint density at radius 3 is 2.33 bits per heavy atom. The van der Waals surface area contributed by atoms with E-state index in [1.807, 2.05) is 54.6 Å². The summed E-state index contributed by atoms with van der Waals surface area (Å²) < 4.78 is 2.12. The molecule has 0 aliphatic rings. The van der Waals surface area contributed by atoms with E-state index in [9.17, 15) is 4.79 Å². The fourth-order valence-corrected chi connectivity index (χ4v) is 3.31. The van der Waals surface area contributed by atoms with Crippen molar-refractivity contribution in [3.63, 3.8) is 0 Å². The summed E-state index contributed by atoms with van der Waals surface area (Å²) in [6.07, 6.45) is 0.775. The summed E-state index contributed by atoms with van der Waals surface area (Å²) >= 11 is 5.41. The lowest BCUT2D eigenvalue weighted by Crippen LogP contribution is -2.23. The maximum absolute atomic E-state index is 12.9. The smallest absolute Gasteiger partial charge is 0.262 e. The van der Waals surface area contributed by atoms with Crippen LogP contribution in [-0.2, 0) is 13.0 Å². The zero-order valence-corrected chi connectivity index (χ0v) is 13.8. The Morgan fingerprint density at radius 1 is 0.917 bits per heavy atom. The van der Waals surface area contributed by atoms with Crippen LogP contribution >= 0.6 is 12.2 Å². The number of hydrogen-bond acceptors (Lipinski definition) is 2. The molecule has 0 radical (unpaired) electrons. The van der Waals surface area contributed by atoms with Gasteiger partial charge in [0.2, 0.25) is 0 Å². The number of aryl methyl sites for hydroxylation is 1. The van der Waals surface area contributed by atoms with Crippen LogP contribution in [-0.4, -0.2) is 9.55 Å². The highest BCUT2D eigenvalue weighted by Gasteiger charge is 2.07. The zero-order valence-electron chi connectivity index (χ0n) is 13.0. The van der Waals surface area contributed by atoms with Crippen LogP contribution in [0.5, 0.6) is 0 Å². The number of H-pyrrole nitrogens is 1. The van der Waals surface area contributed by atoms with Crippen LogP contribution in [0.15, 0.2) is 71.5 Å². The highest BCUT2D eigenvalue weighted by molar-refractivity contribution is 7.71. The first-order valence-electron chi connectivity index (χ1n) is 7.92. The van der Waals surface area contributed by atoms with Gasteiger partial charge in [0.05, 0.1) is 10.9 Å². The second-order valence-electron chi connectivity index (χ2n) is 5.87. The van der Waals surface area contributed by atoms with Crippen LogP contribution in [0.1, 0.15) is 5.56 Å². The number of aromatic amines is 1. The maximum atomic E-state index is 12.9. The van der Waals surface area contributed by atoms with Gasteiger partial charge in [0.15, 0.2) is 4.77 Å². The predicted octanol–water partition coefficient (Wildman–Crippen LogP) is 4.45. The van der Waals surface area contributed by atoms with Crippen molar-refractivity contribution < 1.29 is 0 Å². The van der Waals surface area contributed by atoms with Crippen LogP contribution < -0.4 is 5.56 Å². The molecule has 1 N–H and O–H groups in total. The van der Waals surface area contributed by atoms with Crippen LogP contribution in [0.4, 0.5) is 0 Å². The highest BCUT2D eigenvalue weighted by Crippen LogP contribution is 2.19. The largest absolute Gasteiger partial charge is 0.332 e. The minimum Gasteiger partial charge on any atom is -0.332 e. The van der Waals surface area contributed by atoms with Crippen molar-refractivity contribution in [1.82, 2.24) is 9.55 Å². The highest BCUT2D eigenvalue weighted by atomic mass is 32.1. The molecule has 0 aliphatic heterocycles. The van der Waals surface area contributed by atoms with Crippen molar-refractivity contribution in [2.45, 2.75) is 13.0 Å². The van der Waals surface area contributed by atoms with Crippen molar-refractivity contribution in [3.05, 3.63) is 87.4 Å². The second-order valence-corrected chi connectivity index (χ2v) is 6.25. The molecular formula is C20H16N2OS. The molecule has 0 bridgehead atoms. The number of fused-ring (bicyclic) bond motifs is 2. The average molecular weight is 332 g/mol. The van der Waals surface area contributed by atoms with Crippen molar-refractivity contribution in [2.24, 2.45) is 0 Å². The third kappa shape index (κ3) is 2.65. The minimum absolute atomic E-state index is 0.0320. The Morgan fingerprint density at radius 2 is 1.58 bits per heavy atom. The summed E-state index contributed by atoms with van der Waals surface area (Å²) in [5.41, 5.74) is 1.95. The molecule has 0 amide bonds. The van der Waals surface area contributed by atoms with Gasteiger partial charge in [-0.05, 0) is 47.1 Å². The lowest BCUT2D eigenvalue weighted by atomic mass is 10.1. The molecular weight excluding hydrogens is 316 g/mol. The van der Waals surface area contributed by atoms with Crippen LogP contribution in [0.2, 0.25) is 0 Å². The van der Waals surface area contributed by atoms with Crippen molar-refractivity contribution in [2.75, 3.05) is 0 Å². The Hall–Kier alpha value is -2.72. The lowest BCUT2D eigenvalue weighted by molar-refractivity contribution is 0.652. The standard InChI is InChI=1S/C20H16N2OS/c23-19-17-12-15-8-4-5-9-16(15)13-18(17)21-20(24)22(19)11-10-14-6-2-1-3-7-14/h1-9,12-13H,10-11H2,(H,21,24). The molecule has 4 aromatic rings. The molecule has 0 atom stereocenters. The Balaban J connectivity index is 1.82. The van der Waals surface area contributed by atoms with E-state index in [-0.39, 0.29) is 5.56 Å². The summed E-state index contributed by atoms with van der Waals surface area (Å²) in [6, 6.07) is 22.1. The van der Waals surface area contributed by atoms with Gasteiger partial charge in [-0.2, -0.15) is 0 Å². The number of aromatic nitrogens is 2. The Labute approximate surface area is 144 Å². The van der Waals surface area contributed by atoms with Crippen LogP contribution in [0.25, 0.3) is 21.7 Å². The summed E-state index contributed by atoms with van der Waals surface area (Å²) in [5.74, 6) is 0. The summed E-state index contributed by atoms with van der Waals surface area (Å²) in [4.78, 5) is 16.1. The first-order valence-corrected chi connectivity index (χ1v) is 8.33. The molecule has 118 valence electrons. The fraction of sp³-hybridized carbons (Fsp3) is 0.100. The molecule has 3 aromatic carbocycles. The predicted molar refractivity (Wildman–Crippen MR) is 101 cm³/mol. The van der Waals surface area contributed by atoms with E-state index in [0.717, 1.165) is 22.7 Å². The van der Waals surface area contributed by atoms with Gasteiger partial charge < -0.3 is 4.98 Å². The van der Waals surface area contributed by atoms with Crippen LogP contribution in [0.3, 0.4) is 0 Å². The quantitative estimate of drug-likeness (QED) is 0.444. The molecule has 24 heavy (non-hydrogen) atoms. The molecule has 0 unspecified atom stereocenters. The van der Waals surface area contributed by atoms with E-state index in [4.69, 9.17) is 12.2 Å². The van der Waals surface area contributed by atoms with Crippen molar-refractivity contribution >= 4 is 33.9 Å². The van der Waals surface area contributed by atoms with E-state index >= 15 is 0 Å². The van der Waals surface area contributed by atoms with Crippen molar-refractivity contribution in [3.8, 4) is 0 Å². The SMILES string of the molecule is O=c1c2cc3ccccc3cc2[nH]c(=S)n1CCc1ccccc1. The molecule has 0 saturated carbocycles. The minimum atomic E-state index is -0.0320. The Kier molecular flexibility index (Phi) is 3.75. The number of nitrogens with zero attached hydrogens (tertiary/aromatic N) is 1. The molecule has 4 heteroatoms. The first kappa shape index (κ1) is 14.8. The molecule has 0 aliphatic carbocycles. The molecule has 0 spiro atoms. The first-order chi connectivity index (χ1) is 11.7. The summed E-state index contributed by atoms with van der Waals surface area (Å²) in [5, 5.41) is 2.83. The van der Waals surface area contributed by atoms with Gasteiger partial charge in [-0.3, -0.25) is 9.36 Å². The van der Waals surface area contributed by atoms with Gasteiger partial charge in [0, 0.05) is 6.54 Å². The monoisotopic (exact) mass is 332 g/mol. The average Bonchev–Trinajstić information content (AvgIpc) is 2.61. The summed E-state index contributed by atoms with van der Waals surface area (Å²) in [7, 11) is 0. The van der Waals surface area contributed by atoms with E-state index in [1.165, 1.54) is 5.56 Å². The van der Waals surface area contributed by atoms with E-state index in [1.54, 1.807) is 4.57 Å². The molecule has 4 rings (SSSR count). The van der Waals surface area contributed by atoms with Gasteiger partial charge >= 0.3 is 0 Å². The zero-order chi connectivity index (χ0) is 16.5. The van der Waals surface area contributed by atoms with E-state index in [0.29, 0.717) is 16.7 Å². The molecule has 3 nitrogen and oxygen atoms in total. The molecule has 0 saturated heterocycles. The van der Waals surface area contributed by atoms with Gasteiger partial charge in [0.1, 0.15) is 0 Å². The van der Waals surface area contributed by atoms with Gasteiger partial charge in [0.25, 0.3) is 5.56 Å². The van der Waals surface area contributed by atoms with Gasteiger partial charge in [-0.1, -0.05) is 54.6 Å². The topological polar surface area (TPSA) is 37.8 Å². The van der Waals surface area contributed by atoms with Crippen LogP contribution in [0, 0.1) is 4.77 Å². The normalized spacial score (nSPS) is 11.2. The fourth-order valence-electron chi connectivity index (χ4n) is 3.03. The maximum Gasteiger partial charge on any atom is 0.262 e. The van der Waals surface area contributed by atoms with E-state index in [2.05, 4.69) is 17.1 Å². The van der Waals surface area contributed by atoms with Gasteiger partial charge in [-0.25, -0.2) is 0 Å². The molecule has 0 fully saturated rings. The second kappa shape index (κ2) is 6.06. The van der Waals surface area contributed by atoms with E-state index < -0.39 is 0 Å². The summed E-state index contributed by atoms with van der Waals surface area (Å²) in [6.45, 7) is 0.570. The Bertz CT molecular complexity index is 1140. The third-order valence-electron chi connectivity index (χ3n) is 4.32. The number of rotatable bonds is 3. The number of benzene rings is 3. The molecule has 1 aromatic heterocycles. The van der Waals surface area contributed by atoms with Gasteiger partial charge in [-0.15, -0.1) is 0 Å². The van der Waals surface area contributed by atoms with Crippen molar-refractivity contribution in [1.29, 1.82) is 0 Å². The third-order valence-corrected chi connectivity index (χ3v) is 4.64. The lowest BCUT2D eigenvalue weighted by Gasteiger charge is -2.09. The number of hydrogen-bond donors (Lipinski definition) is 1.